The van der Waals surface area contributed by atoms with E-state index in [1.54, 1.807) is 0 Å². The molecule has 0 aromatic rings. The van der Waals surface area contributed by atoms with E-state index in [1.807, 2.05) is 18.7 Å². The van der Waals surface area contributed by atoms with E-state index >= 15 is 0 Å². The van der Waals surface area contributed by atoms with E-state index in [0.29, 0.717) is 6.42 Å². The molecule has 1 rings (SSSR count). The van der Waals surface area contributed by atoms with Crippen LogP contribution in [0, 0.1) is 0 Å². The number of nitrogens with one attached hydrogen (secondary N) is 1. The Morgan fingerprint density at radius 2 is 2.00 bits per heavy atom. The Morgan fingerprint density at radius 1 is 1.31 bits per heavy atom. The van der Waals surface area contributed by atoms with Gasteiger partial charge < -0.3 is 10.2 Å². The first kappa shape index (κ1) is 13.0. The third-order valence-corrected chi connectivity index (χ3v) is 2.97. The number of amides is 2. The summed E-state index contributed by atoms with van der Waals surface area (Å²) in [7, 11) is 0. The number of hydrogen-bond donors (Lipinski definition) is 1. The van der Waals surface area contributed by atoms with E-state index in [4.69, 9.17) is 0 Å². The second-order valence-corrected chi connectivity index (χ2v) is 4.49. The van der Waals surface area contributed by atoms with Gasteiger partial charge in [0.05, 0.1) is 0 Å². The highest BCUT2D eigenvalue weighted by Crippen LogP contribution is 2.14. The van der Waals surface area contributed by atoms with Crippen LogP contribution in [0.2, 0.25) is 0 Å². The van der Waals surface area contributed by atoms with Crippen LogP contribution in [-0.2, 0) is 9.59 Å². The standard InChI is InChI=1S/C12H22N2O2/c1-4-6-10-12(16)14(7-5-2)9(3)8-11(15)13-10/h9-10H,4-8H2,1-3H3,(H,13,15). The number of hydrogen-bond acceptors (Lipinski definition) is 2. The molecule has 0 spiro atoms. The van der Waals surface area contributed by atoms with Crippen LogP contribution in [0.25, 0.3) is 0 Å². The SMILES string of the molecule is CCCC1NC(=O)CC(C)N(CCC)C1=O. The molecule has 1 N–H and O–H groups in total. The number of nitrogens with zero attached hydrogens (tertiary/aromatic N) is 1. The van der Waals surface area contributed by atoms with Gasteiger partial charge >= 0.3 is 0 Å². The van der Waals surface area contributed by atoms with Gasteiger partial charge in [-0.05, 0) is 19.8 Å². The van der Waals surface area contributed by atoms with E-state index in [-0.39, 0.29) is 23.9 Å². The Balaban J connectivity index is 2.81. The van der Waals surface area contributed by atoms with Crippen molar-refractivity contribution in [2.24, 2.45) is 0 Å². The van der Waals surface area contributed by atoms with Crippen LogP contribution < -0.4 is 5.32 Å². The minimum Gasteiger partial charge on any atom is -0.344 e. The maximum Gasteiger partial charge on any atom is 0.245 e. The van der Waals surface area contributed by atoms with Crippen molar-refractivity contribution < 1.29 is 9.59 Å². The molecule has 0 saturated carbocycles. The van der Waals surface area contributed by atoms with Gasteiger partial charge in [0.2, 0.25) is 11.8 Å². The molecule has 0 radical (unpaired) electrons. The second-order valence-electron chi connectivity index (χ2n) is 4.49. The van der Waals surface area contributed by atoms with Crippen LogP contribution in [0.3, 0.4) is 0 Å². The fraction of sp³-hybridized carbons (Fsp3) is 0.833. The summed E-state index contributed by atoms with van der Waals surface area (Å²) in [4.78, 5) is 25.6. The fourth-order valence-electron chi connectivity index (χ4n) is 2.17. The van der Waals surface area contributed by atoms with Crippen molar-refractivity contribution in [3.8, 4) is 0 Å². The van der Waals surface area contributed by atoms with Gasteiger partial charge in [0, 0.05) is 19.0 Å². The zero-order valence-electron chi connectivity index (χ0n) is 10.5. The van der Waals surface area contributed by atoms with Crippen molar-refractivity contribution in [1.82, 2.24) is 10.2 Å². The van der Waals surface area contributed by atoms with Gasteiger partial charge in [0.15, 0.2) is 0 Å². The Kier molecular flexibility index (Phi) is 4.77. The highest BCUT2D eigenvalue weighted by atomic mass is 16.2. The highest BCUT2D eigenvalue weighted by Gasteiger charge is 2.32. The lowest BCUT2D eigenvalue weighted by Gasteiger charge is -2.28. The molecule has 2 unspecified atom stereocenters. The molecule has 0 aliphatic carbocycles. The quantitative estimate of drug-likeness (QED) is 0.785. The molecule has 0 bridgehead atoms. The Labute approximate surface area is 97.4 Å². The molecule has 0 aromatic heterocycles. The summed E-state index contributed by atoms with van der Waals surface area (Å²) < 4.78 is 0. The van der Waals surface area contributed by atoms with Crippen molar-refractivity contribution >= 4 is 11.8 Å². The predicted molar refractivity (Wildman–Crippen MR) is 62.9 cm³/mol. The van der Waals surface area contributed by atoms with Gasteiger partial charge in [-0.25, -0.2) is 0 Å². The number of carbonyl (C=O) groups is 2. The van der Waals surface area contributed by atoms with Crippen molar-refractivity contribution in [2.45, 2.75) is 58.5 Å². The Hall–Kier alpha value is -1.06. The summed E-state index contributed by atoms with van der Waals surface area (Å²) in [5.41, 5.74) is 0. The summed E-state index contributed by atoms with van der Waals surface area (Å²) in [6.45, 7) is 6.77. The van der Waals surface area contributed by atoms with Gasteiger partial charge in [-0.2, -0.15) is 0 Å². The maximum atomic E-state index is 12.2. The smallest absolute Gasteiger partial charge is 0.245 e. The molecular formula is C12H22N2O2. The third kappa shape index (κ3) is 2.97. The third-order valence-electron chi connectivity index (χ3n) is 2.97. The van der Waals surface area contributed by atoms with Gasteiger partial charge in [-0.1, -0.05) is 20.3 Å². The van der Waals surface area contributed by atoms with Crippen LogP contribution in [0.5, 0.6) is 0 Å². The molecule has 2 atom stereocenters. The summed E-state index contributed by atoms with van der Waals surface area (Å²) in [5, 5.41) is 2.82. The molecule has 92 valence electrons. The molecule has 4 heteroatoms. The number of rotatable bonds is 4. The van der Waals surface area contributed by atoms with Crippen LogP contribution in [0.4, 0.5) is 0 Å². The van der Waals surface area contributed by atoms with Crippen LogP contribution in [0.15, 0.2) is 0 Å². The van der Waals surface area contributed by atoms with Crippen LogP contribution >= 0.6 is 0 Å². The number of carbonyl (C=O) groups excluding carboxylic acids is 2. The monoisotopic (exact) mass is 226 g/mol. The van der Waals surface area contributed by atoms with Crippen molar-refractivity contribution in [2.75, 3.05) is 6.54 Å². The Morgan fingerprint density at radius 3 is 2.56 bits per heavy atom. The maximum absolute atomic E-state index is 12.2. The first-order valence-electron chi connectivity index (χ1n) is 6.20. The van der Waals surface area contributed by atoms with E-state index < -0.39 is 0 Å². The minimum atomic E-state index is -0.311. The molecule has 0 aromatic carbocycles. The lowest BCUT2D eigenvalue weighted by molar-refractivity contribution is -0.135. The molecule has 1 saturated heterocycles. The summed E-state index contributed by atoms with van der Waals surface area (Å²) >= 11 is 0. The van der Waals surface area contributed by atoms with E-state index in [1.165, 1.54) is 0 Å². The minimum absolute atomic E-state index is 0.00194. The van der Waals surface area contributed by atoms with Gasteiger partial charge in [-0.15, -0.1) is 0 Å². The van der Waals surface area contributed by atoms with Gasteiger partial charge in [0.1, 0.15) is 6.04 Å². The molecule has 16 heavy (non-hydrogen) atoms. The molecule has 4 nitrogen and oxygen atoms in total. The first-order valence-corrected chi connectivity index (χ1v) is 6.20. The molecular weight excluding hydrogens is 204 g/mol. The summed E-state index contributed by atoms with van der Waals surface area (Å²) in [5.74, 6) is 0.0833. The zero-order chi connectivity index (χ0) is 12.1. The second kappa shape index (κ2) is 5.87. The van der Waals surface area contributed by atoms with E-state index in [0.717, 1.165) is 25.8 Å². The average molecular weight is 226 g/mol. The summed E-state index contributed by atoms with van der Waals surface area (Å²) in [6.07, 6.45) is 3.00. The first-order chi connectivity index (χ1) is 7.60. The van der Waals surface area contributed by atoms with E-state index in [9.17, 15) is 9.59 Å². The van der Waals surface area contributed by atoms with Gasteiger partial charge in [0.25, 0.3) is 0 Å². The van der Waals surface area contributed by atoms with Crippen LogP contribution in [-0.4, -0.2) is 35.3 Å². The van der Waals surface area contributed by atoms with E-state index in [2.05, 4.69) is 12.2 Å². The largest absolute Gasteiger partial charge is 0.344 e. The highest BCUT2D eigenvalue weighted by molar-refractivity contribution is 5.90. The normalized spacial score (nSPS) is 26.6. The predicted octanol–water partition coefficient (Wildman–Crippen LogP) is 1.30. The molecule has 2 amide bonds. The van der Waals surface area contributed by atoms with Crippen molar-refractivity contribution in [3.63, 3.8) is 0 Å². The lowest BCUT2D eigenvalue weighted by atomic mass is 10.1. The van der Waals surface area contributed by atoms with Crippen molar-refractivity contribution in [3.05, 3.63) is 0 Å². The zero-order valence-corrected chi connectivity index (χ0v) is 10.5. The molecule has 1 aliphatic heterocycles. The Bertz CT molecular complexity index is 266. The average Bonchev–Trinajstić information content (AvgIpc) is 2.31. The fourth-order valence-corrected chi connectivity index (χ4v) is 2.17. The molecule has 1 aliphatic rings. The van der Waals surface area contributed by atoms with Gasteiger partial charge in [-0.3, -0.25) is 9.59 Å². The molecule has 1 fully saturated rings. The molecule has 1 heterocycles. The van der Waals surface area contributed by atoms with Crippen LogP contribution in [0.1, 0.15) is 46.5 Å². The summed E-state index contributed by atoms with van der Waals surface area (Å²) in [6, 6.07) is -0.289. The lowest BCUT2D eigenvalue weighted by Crippen LogP contribution is -2.46. The topological polar surface area (TPSA) is 49.4 Å². The van der Waals surface area contributed by atoms with Crippen molar-refractivity contribution in [1.29, 1.82) is 0 Å².